The van der Waals surface area contributed by atoms with Gasteiger partial charge in [-0.15, -0.1) is 0 Å². The number of aliphatic hydroxyl groups is 1. The van der Waals surface area contributed by atoms with Crippen LogP contribution in [0.1, 0.15) is 48.9 Å². The molecule has 0 amide bonds. The highest BCUT2D eigenvalue weighted by Gasteiger charge is 2.59. The van der Waals surface area contributed by atoms with Crippen molar-refractivity contribution in [2.45, 2.75) is 57.2 Å². The minimum Gasteiger partial charge on any atom is -0.373 e. The number of nitrogens with one attached hydrogen (secondary N) is 1. The van der Waals surface area contributed by atoms with Crippen molar-refractivity contribution in [2.24, 2.45) is 16.9 Å². The maximum Gasteiger partial charge on any atom is 0.156 e. The summed E-state index contributed by atoms with van der Waals surface area (Å²) in [5.41, 5.74) is 5.93. The number of hydrogen-bond acceptors (Lipinski definition) is 6. The second-order valence-electron chi connectivity index (χ2n) is 9.99. The Morgan fingerprint density at radius 2 is 2.09 bits per heavy atom. The molecule has 0 radical (unpaired) electrons. The van der Waals surface area contributed by atoms with Crippen LogP contribution >= 0.6 is 11.6 Å². The summed E-state index contributed by atoms with van der Waals surface area (Å²) in [6.45, 7) is 2.99. The van der Waals surface area contributed by atoms with Gasteiger partial charge in [-0.3, -0.25) is 10.1 Å². The molecule has 0 aromatic carbocycles. The lowest BCUT2D eigenvalue weighted by atomic mass is 9.96. The van der Waals surface area contributed by atoms with E-state index < -0.39 is 6.23 Å². The molecule has 3 fully saturated rings. The lowest BCUT2D eigenvalue weighted by molar-refractivity contribution is 0.132. The van der Waals surface area contributed by atoms with E-state index in [0.717, 1.165) is 54.9 Å². The van der Waals surface area contributed by atoms with Gasteiger partial charge in [0.25, 0.3) is 0 Å². The van der Waals surface area contributed by atoms with Crippen LogP contribution in [0.3, 0.4) is 0 Å². The predicted octanol–water partition coefficient (Wildman–Crippen LogP) is 3.78. The van der Waals surface area contributed by atoms with Crippen LogP contribution in [0.4, 0.5) is 5.82 Å². The molecule has 168 valence electrons. The van der Waals surface area contributed by atoms with Gasteiger partial charge in [-0.2, -0.15) is 10.2 Å². The van der Waals surface area contributed by atoms with Gasteiger partial charge in [0.2, 0.25) is 0 Å². The SMILES string of the molecule is Cc1c(N2C(O)[C@H](Cc3ccc(Cl)nc3)CC23CC3)n[nH]c1C1=C(C2CC2)CN(C)N=C1. The number of hydrogen-bond donors (Lipinski definition) is 2. The van der Waals surface area contributed by atoms with E-state index in [4.69, 9.17) is 16.7 Å². The van der Waals surface area contributed by atoms with Crippen LogP contribution in [0.15, 0.2) is 29.0 Å². The summed E-state index contributed by atoms with van der Waals surface area (Å²) in [5, 5.41) is 26.5. The van der Waals surface area contributed by atoms with E-state index in [0.29, 0.717) is 11.1 Å². The predicted molar refractivity (Wildman–Crippen MR) is 126 cm³/mol. The molecule has 6 rings (SSSR count). The standard InChI is InChI=1S/C24H29ClN6O/c1-14-21(18-12-27-30(2)13-19(18)16-4-5-16)28-29-22(14)31-23(32)17(10-24(31)7-8-24)9-15-3-6-20(25)26-11-15/h3,6,11-12,16-17,23,32H,4-5,7-10,13H2,1-2H3,(H,28,29)/t17-,23?/m1/s1. The number of H-pyrrole nitrogens is 1. The molecule has 2 aliphatic carbocycles. The van der Waals surface area contributed by atoms with E-state index in [1.165, 1.54) is 24.0 Å². The molecule has 2 atom stereocenters. The van der Waals surface area contributed by atoms with E-state index >= 15 is 0 Å². The quantitative estimate of drug-likeness (QED) is 0.675. The summed E-state index contributed by atoms with van der Waals surface area (Å²) in [6, 6.07) is 3.83. The van der Waals surface area contributed by atoms with Crippen molar-refractivity contribution in [3.63, 3.8) is 0 Å². The highest BCUT2D eigenvalue weighted by Crippen LogP contribution is 2.56. The van der Waals surface area contributed by atoms with E-state index in [-0.39, 0.29) is 11.5 Å². The van der Waals surface area contributed by atoms with Crippen molar-refractivity contribution in [2.75, 3.05) is 18.5 Å². The first-order valence-corrected chi connectivity index (χ1v) is 11.9. The third-order valence-electron chi connectivity index (χ3n) is 7.63. The maximum atomic E-state index is 11.4. The van der Waals surface area contributed by atoms with Crippen molar-refractivity contribution in [1.29, 1.82) is 0 Å². The van der Waals surface area contributed by atoms with Crippen LogP contribution in [0.5, 0.6) is 0 Å². The van der Waals surface area contributed by atoms with Crippen molar-refractivity contribution in [3.8, 4) is 0 Å². The average Bonchev–Trinajstić information content (AvgIpc) is 3.69. The van der Waals surface area contributed by atoms with Crippen LogP contribution in [0.25, 0.3) is 5.57 Å². The summed E-state index contributed by atoms with van der Waals surface area (Å²) >= 11 is 5.94. The molecule has 4 aliphatic rings. The largest absolute Gasteiger partial charge is 0.373 e. The topological polar surface area (TPSA) is 80.6 Å². The Bertz CT molecular complexity index is 1100. The minimum atomic E-state index is -0.564. The van der Waals surface area contributed by atoms with Gasteiger partial charge in [-0.05, 0) is 68.6 Å². The lowest BCUT2D eigenvalue weighted by Crippen LogP contribution is -2.40. The molecule has 0 bridgehead atoms. The zero-order valence-corrected chi connectivity index (χ0v) is 19.3. The third kappa shape index (κ3) is 3.33. The fourth-order valence-electron chi connectivity index (χ4n) is 5.63. The number of rotatable bonds is 5. The van der Waals surface area contributed by atoms with Crippen LogP contribution in [0, 0.1) is 18.8 Å². The molecule has 8 heteroatoms. The van der Waals surface area contributed by atoms with Gasteiger partial charge in [-0.25, -0.2) is 4.98 Å². The van der Waals surface area contributed by atoms with Crippen molar-refractivity contribution >= 4 is 29.2 Å². The molecule has 1 saturated heterocycles. The average molecular weight is 453 g/mol. The molecular formula is C24H29ClN6O. The summed E-state index contributed by atoms with van der Waals surface area (Å²) in [6.07, 6.45) is 9.71. The van der Waals surface area contributed by atoms with Crippen molar-refractivity contribution in [3.05, 3.63) is 45.9 Å². The van der Waals surface area contributed by atoms with Crippen molar-refractivity contribution < 1.29 is 5.11 Å². The molecule has 1 spiro atoms. The number of pyridine rings is 1. The first-order chi connectivity index (χ1) is 15.4. The number of allylic oxidation sites excluding steroid dienone is 1. The molecule has 2 aromatic heterocycles. The number of aromatic amines is 1. The zero-order chi connectivity index (χ0) is 22.0. The smallest absolute Gasteiger partial charge is 0.156 e. The van der Waals surface area contributed by atoms with Crippen LogP contribution < -0.4 is 4.90 Å². The minimum absolute atomic E-state index is 0.0235. The number of likely N-dealkylation sites (N-methyl/N-ethyl adjacent to an activating group) is 1. The highest BCUT2D eigenvalue weighted by molar-refractivity contribution is 6.29. The number of anilines is 1. The van der Waals surface area contributed by atoms with Crippen molar-refractivity contribution in [1.82, 2.24) is 20.2 Å². The normalized spacial score (nSPS) is 26.5. The van der Waals surface area contributed by atoms with Gasteiger partial charge in [0.05, 0.1) is 18.5 Å². The van der Waals surface area contributed by atoms with Gasteiger partial charge in [0.15, 0.2) is 5.82 Å². The number of hydrazone groups is 1. The fourth-order valence-corrected chi connectivity index (χ4v) is 5.74. The number of aliphatic hydroxyl groups excluding tert-OH is 1. The van der Waals surface area contributed by atoms with E-state index in [2.05, 4.69) is 27.0 Å². The van der Waals surface area contributed by atoms with Crippen LogP contribution in [-0.2, 0) is 6.42 Å². The summed E-state index contributed by atoms with van der Waals surface area (Å²) < 4.78 is 0. The van der Waals surface area contributed by atoms with Gasteiger partial charge in [-0.1, -0.05) is 17.7 Å². The molecule has 1 unspecified atom stereocenters. The third-order valence-corrected chi connectivity index (χ3v) is 7.86. The molecule has 7 nitrogen and oxygen atoms in total. The van der Waals surface area contributed by atoms with Crippen LogP contribution in [0.2, 0.25) is 5.15 Å². The van der Waals surface area contributed by atoms with E-state index in [1.54, 1.807) is 0 Å². The number of aromatic nitrogens is 3. The van der Waals surface area contributed by atoms with E-state index in [9.17, 15) is 5.11 Å². The Labute approximate surface area is 193 Å². The number of halogens is 1. The van der Waals surface area contributed by atoms with E-state index in [1.807, 2.05) is 36.6 Å². The summed E-state index contributed by atoms with van der Waals surface area (Å²) in [7, 11) is 2.02. The monoisotopic (exact) mass is 452 g/mol. The lowest BCUT2D eigenvalue weighted by Gasteiger charge is -2.29. The Balaban J connectivity index is 1.31. The molecule has 32 heavy (non-hydrogen) atoms. The molecular weight excluding hydrogens is 424 g/mol. The Kier molecular flexibility index (Phi) is 4.63. The summed E-state index contributed by atoms with van der Waals surface area (Å²) in [5.74, 6) is 1.69. The molecule has 2 aliphatic heterocycles. The van der Waals surface area contributed by atoms with Crippen LogP contribution in [-0.4, -0.2) is 56.9 Å². The Morgan fingerprint density at radius 1 is 1.28 bits per heavy atom. The second-order valence-corrected chi connectivity index (χ2v) is 10.4. The molecule has 4 heterocycles. The second kappa shape index (κ2) is 7.32. The maximum absolute atomic E-state index is 11.4. The molecule has 2 saturated carbocycles. The Morgan fingerprint density at radius 3 is 2.78 bits per heavy atom. The summed E-state index contributed by atoms with van der Waals surface area (Å²) in [4.78, 5) is 6.40. The highest BCUT2D eigenvalue weighted by atomic mass is 35.5. The van der Waals surface area contributed by atoms with Gasteiger partial charge in [0.1, 0.15) is 11.4 Å². The van der Waals surface area contributed by atoms with Gasteiger partial charge in [0, 0.05) is 35.8 Å². The fraction of sp³-hybridized carbons (Fsp3) is 0.542. The first-order valence-electron chi connectivity index (χ1n) is 11.6. The number of nitrogens with zero attached hydrogens (tertiary/aromatic N) is 5. The first kappa shape index (κ1) is 20.2. The van der Waals surface area contributed by atoms with Gasteiger partial charge >= 0.3 is 0 Å². The zero-order valence-electron chi connectivity index (χ0n) is 18.6. The molecule has 2 aromatic rings. The molecule has 2 N–H and O–H groups in total. The Hall–Kier alpha value is -2.38. The van der Waals surface area contributed by atoms with Gasteiger partial charge < -0.3 is 10.0 Å².